The summed E-state index contributed by atoms with van der Waals surface area (Å²) in [6.45, 7) is 5.09. The van der Waals surface area contributed by atoms with Gasteiger partial charge in [-0.15, -0.1) is 12.4 Å². The van der Waals surface area contributed by atoms with E-state index in [2.05, 4.69) is 18.3 Å². The van der Waals surface area contributed by atoms with E-state index in [1.54, 1.807) is 0 Å². The van der Waals surface area contributed by atoms with E-state index in [1.165, 1.54) is 17.7 Å². The molecule has 2 aliphatic heterocycles. The summed E-state index contributed by atoms with van der Waals surface area (Å²) in [7, 11) is 0. The summed E-state index contributed by atoms with van der Waals surface area (Å²) in [6.07, 6.45) is 4.60. The van der Waals surface area contributed by atoms with E-state index in [0.717, 1.165) is 50.4 Å². The number of amides is 1. The van der Waals surface area contributed by atoms with Crippen LogP contribution in [0.2, 0.25) is 0 Å². The van der Waals surface area contributed by atoms with Gasteiger partial charge in [-0.1, -0.05) is 13.3 Å². The smallest absolute Gasteiger partial charge is 0.253 e. The standard InChI is InChI=1S/C16H22N2O.ClH/c1-2-12-6-9-18(10-7-12)16(19)14-3-4-15-13(11-14)5-8-17-15;/h3-4,11-12,17H,2,5-10H2,1H3;1H. The summed E-state index contributed by atoms with van der Waals surface area (Å²) in [4.78, 5) is 14.5. The van der Waals surface area contributed by atoms with Gasteiger partial charge in [-0.25, -0.2) is 0 Å². The third-order valence-electron chi connectivity index (χ3n) is 4.54. The molecule has 0 bridgehead atoms. The Balaban J connectivity index is 0.00000147. The normalized spacial score (nSPS) is 18.1. The monoisotopic (exact) mass is 294 g/mol. The lowest BCUT2D eigenvalue weighted by Crippen LogP contribution is -2.38. The number of nitrogens with one attached hydrogen (secondary N) is 1. The van der Waals surface area contributed by atoms with Gasteiger partial charge in [0.15, 0.2) is 0 Å². The fourth-order valence-corrected chi connectivity index (χ4v) is 3.16. The van der Waals surface area contributed by atoms with Gasteiger partial charge in [0.2, 0.25) is 0 Å². The molecule has 2 aliphatic rings. The zero-order valence-electron chi connectivity index (χ0n) is 12.0. The SMILES string of the molecule is CCC1CCN(C(=O)c2ccc3c(c2)CCN3)CC1.Cl. The Bertz CT molecular complexity index is 481. The quantitative estimate of drug-likeness (QED) is 0.907. The van der Waals surface area contributed by atoms with Crippen LogP contribution in [0, 0.1) is 5.92 Å². The molecule has 0 aromatic heterocycles. The van der Waals surface area contributed by atoms with E-state index < -0.39 is 0 Å². The van der Waals surface area contributed by atoms with Crippen molar-refractivity contribution in [2.75, 3.05) is 25.0 Å². The van der Waals surface area contributed by atoms with Crippen molar-refractivity contribution < 1.29 is 4.79 Å². The van der Waals surface area contributed by atoms with Gasteiger partial charge in [0, 0.05) is 30.9 Å². The molecule has 20 heavy (non-hydrogen) atoms. The third-order valence-corrected chi connectivity index (χ3v) is 4.54. The largest absolute Gasteiger partial charge is 0.384 e. The van der Waals surface area contributed by atoms with Gasteiger partial charge in [0.05, 0.1) is 0 Å². The van der Waals surface area contributed by atoms with E-state index in [1.807, 2.05) is 17.0 Å². The molecule has 0 spiro atoms. The summed E-state index contributed by atoms with van der Waals surface area (Å²) >= 11 is 0. The number of carbonyl (C=O) groups excluding carboxylic acids is 1. The first-order valence-electron chi connectivity index (χ1n) is 7.44. The van der Waals surface area contributed by atoms with Crippen molar-refractivity contribution in [2.24, 2.45) is 5.92 Å². The number of hydrogen-bond donors (Lipinski definition) is 1. The number of nitrogens with zero attached hydrogens (tertiary/aromatic N) is 1. The topological polar surface area (TPSA) is 32.3 Å². The van der Waals surface area contributed by atoms with E-state index in [9.17, 15) is 4.79 Å². The zero-order chi connectivity index (χ0) is 13.2. The first kappa shape index (κ1) is 15.2. The summed E-state index contributed by atoms with van der Waals surface area (Å²) in [5.74, 6) is 1.03. The molecule has 110 valence electrons. The molecule has 1 aromatic rings. The molecule has 3 nitrogen and oxygen atoms in total. The average molecular weight is 295 g/mol. The zero-order valence-corrected chi connectivity index (χ0v) is 12.8. The van der Waals surface area contributed by atoms with Crippen LogP contribution in [0.15, 0.2) is 18.2 Å². The fraction of sp³-hybridized carbons (Fsp3) is 0.562. The molecule has 0 aliphatic carbocycles. The summed E-state index contributed by atoms with van der Waals surface area (Å²) in [5.41, 5.74) is 3.34. The number of likely N-dealkylation sites (tertiary alicyclic amines) is 1. The van der Waals surface area contributed by atoms with E-state index in [-0.39, 0.29) is 18.3 Å². The number of benzene rings is 1. The van der Waals surface area contributed by atoms with Gasteiger partial charge in [0.25, 0.3) is 5.91 Å². The second-order valence-electron chi connectivity index (χ2n) is 5.69. The Labute approximate surface area is 127 Å². The molecular weight excluding hydrogens is 272 g/mol. The van der Waals surface area contributed by atoms with Crippen molar-refractivity contribution in [3.05, 3.63) is 29.3 Å². The predicted octanol–water partition coefficient (Wildman–Crippen LogP) is 3.34. The van der Waals surface area contributed by atoms with Crippen LogP contribution in [0.4, 0.5) is 5.69 Å². The highest BCUT2D eigenvalue weighted by Gasteiger charge is 2.23. The number of rotatable bonds is 2. The molecule has 0 atom stereocenters. The molecular formula is C16H23ClN2O. The van der Waals surface area contributed by atoms with Crippen molar-refractivity contribution in [3.63, 3.8) is 0 Å². The second kappa shape index (κ2) is 6.49. The highest BCUT2D eigenvalue weighted by Crippen LogP contribution is 2.25. The predicted molar refractivity (Wildman–Crippen MR) is 84.8 cm³/mol. The van der Waals surface area contributed by atoms with Crippen LogP contribution in [-0.2, 0) is 6.42 Å². The Kier molecular flexibility index (Phi) is 4.92. The van der Waals surface area contributed by atoms with Crippen LogP contribution in [0.25, 0.3) is 0 Å². The summed E-state index contributed by atoms with van der Waals surface area (Å²) in [5, 5.41) is 3.33. The van der Waals surface area contributed by atoms with Gasteiger partial charge < -0.3 is 10.2 Å². The highest BCUT2D eigenvalue weighted by molar-refractivity contribution is 5.95. The van der Waals surface area contributed by atoms with Gasteiger partial charge >= 0.3 is 0 Å². The van der Waals surface area contributed by atoms with Crippen LogP contribution in [0.1, 0.15) is 42.1 Å². The lowest BCUT2D eigenvalue weighted by molar-refractivity contribution is 0.0689. The molecule has 0 radical (unpaired) electrons. The second-order valence-corrected chi connectivity index (χ2v) is 5.69. The molecule has 2 heterocycles. The molecule has 3 rings (SSSR count). The summed E-state index contributed by atoms with van der Waals surface area (Å²) in [6, 6.07) is 6.09. The van der Waals surface area contributed by atoms with Crippen molar-refractivity contribution in [2.45, 2.75) is 32.6 Å². The fourth-order valence-electron chi connectivity index (χ4n) is 3.16. The Hall–Kier alpha value is -1.22. The third kappa shape index (κ3) is 2.93. The molecule has 0 unspecified atom stereocenters. The van der Waals surface area contributed by atoms with E-state index >= 15 is 0 Å². The van der Waals surface area contributed by atoms with Gasteiger partial charge in [-0.2, -0.15) is 0 Å². The highest BCUT2D eigenvalue weighted by atomic mass is 35.5. The number of hydrogen-bond acceptors (Lipinski definition) is 2. The minimum Gasteiger partial charge on any atom is -0.384 e. The first-order valence-corrected chi connectivity index (χ1v) is 7.44. The number of anilines is 1. The van der Waals surface area contributed by atoms with Crippen LogP contribution in [0.5, 0.6) is 0 Å². The van der Waals surface area contributed by atoms with Crippen LogP contribution < -0.4 is 5.32 Å². The lowest BCUT2D eigenvalue weighted by atomic mass is 9.94. The Morgan fingerprint density at radius 3 is 2.80 bits per heavy atom. The number of halogens is 1. The van der Waals surface area contributed by atoms with Gasteiger partial charge in [-0.3, -0.25) is 4.79 Å². The number of carbonyl (C=O) groups is 1. The molecule has 0 saturated carbocycles. The van der Waals surface area contributed by atoms with E-state index in [4.69, 9.17) is 0 Å². The van der Waals surface area contributed by atoms with Crippen molar-refractivity contribution in [1.82, 2.24) is 4.90 Å². The minimum absolute atomic E-state index is 0. The van der Waals surface area contributed by atoms with Crippen LogP contribution in [-0.4, -0.2) is 30.4 Å². The van der Waals surface area contributed by atoms with Crippen molar-refractivity contribution in [1.29, 1.82) is 0 Å². The maximum atomic E-state index is 12.5. The maximum absolute atomic E-state index is 12.5. The molecule has 1 fully saturated rings. The Morgan fingerprint density at radius 1 is 1.35 bits per heavy atom. The molecule has 4 heteroatoms. The molecule has 1 N–H and O–H groups in total. The first-order chi connectivity index (χ1) is 9.28. The lowest BCUT2D eigenvalue weighted by Gasteiger charge is -2.31. The Morgan fingerprint density at radius 2 is 2.10 bits per heavy atom. The molecule has 1 aromatic carbocycles. The van der Waals surface area contributed by atoms with Crippen LogP contribution >= 0.6 is 12.4 Å². The van der Waals surface area contributed by atoms with Crippen molar-refractivity contribution >= 4 is 24.0 Å². The average Bonchev–Trinajstić information content (AvgIpc) is 2.94. The maximum Gasteiger partial charge on any atom is 0.253 e. The summed E-state index contributed by atoms with van der Waals surface area (Å²) < 4.78 is 0. The molecule has 1 saturated heterocycles. The van der Waals surface area contributed by atoms with E-state index in [0.29, 0.717) is 0 Å². The van der Waals surface area contributed by atoms with Crippen molar-refractivity contribution in [3.8, 4) is 0 Å². The van der Waals surface area contributed by atoms with Gasteiger partial charge in [-0.05, 0) is 48.9 Å². The molecule has 1 amide bonds. The number of fused-ring (bicyclic) bond motifs is 1. The minimum atomic E-state index is 0. The van der Waals surface area contributed by atoms with Gasteiger partial charge in [0.1, 0.15) is 0 Å². The van der Waals surface area contributed by atoms with Crippen LogP contribution in [0.3, 0.4) is 0 Å². The number of piperidine rings is 1.